The fourth-order valence-electron chi connectivity index (χ4n) is 4.75. The van der Waals surface area contributed by atoms with Crippen LogP contribution in [0.3, 0.4) is 0 Å². The van der Waals surface area contributed by atoms with Crippen LogP contribution < -0.4 is 19.7 Å². The van der Waals surface area contributed by atoms with Gasteiger partial charge in [0.25, 0.3) is 5.91 Å². The van der Waals surface area contributed by atoms with Crippen LogP contribution in [0, 0.1) is 0 Å². The number of rotatable bonds is 7. The Morgan fingerprint density at radius 1 is 0.923 bits per heavy atom. The molecule has 0 bridgehead atoms. The fraction of sp³-hybridized carbons (Fsp3) is 0.241. The number of amidine groups is 1. The number of anilines is 1. The number of benzene rings is 2. The molecule has 200 valence electrons. The van der Waals surface area contributed by atoms with Gasteiger partial charge < -0.3 is 29.8 Å². The molecule has 1 aliphatic rings. The van der Waals surface area contributed by atoms with E-state index < -0.39 is 0 Å². The lowest BCUT2D eigenvalue weighted by atomic mass is 10.0. The molecule has 4 aromatic rings. The van der Waals surface area contributed by atoms with Gasteiger partial charge >= 0.3 is 0 Å². The van der Waals surface area contributed by atoms with Crippen molar-refractivity contribution in [3.05, 3.63) is 78.8 Å². The topological polar surface area (TPSA) is 112 Å². The lowest BCUT2D eigenvalue weighted by Gasteiger charge is -2.37. The summed E-state index contributed by atoms with van der Waals surface area (Å²) in [5.41, 5.74) is 4.63. The zero-order valence-electron chi connectivity index (χ0n) is 21.9. The zero-order valence-corrected chi connectivity index (χ0v) is 21.9. The third kappa shape index (κ3) is 5.69. The highest BCUT2D eigenvalue weighted by Crippen LogP contribution is 2.30. The number of methoxy groups -OCH3 is 2. The normalized spacial score (nSPS) is 13.8. The van der Waals surface area contributed by atoms with E-state index in [-0.39, 0.29) is 12.5 Å². The van der Waals surface area contributed by atoms with Gasteiger partial charge in [0, 0.05) is 67.5 Å². The first-order valence-electron chi connectivity index (χ1n) is 12.6. The molecule has 0 spiro atoms. The van der Waals surface area contributed by atoms with Crippen molar-refractivity contribution in [3.63, 3.8) is 0 Å². The van der Waals surface area contributed by atoms with Crippen molar-refractivity contribution in [3.8, 4) is 22.6 Å². The van der Waals surface area contributed by atoms with E-state index in [4.69, 9.17) is 9.47 Å². The van der Waals surface area contributed by atoms with Crippen molar-refractivity contribution in [2.24, 2.45) is 5.16 Å². The average Bonchev–Trinajstić information content (AvgIpc) is 3.01. The van der Waals surface area contributed by atoms with Crippen LogP contribution in [0.2, 0.25) is 0 Å². The van der Waals surface area contributed by atoms with Gasteiger partial charge in [0.1, 0.15) is 11.5 Å². The van der Waals surface area contributed by atoms with E-state index in [1.54, 1.807) is 30.6 Å². The van der Waals surface area contributed by atoms with Gasteiger partial charge in [-0.25, -0.2) is 0 Å². The molecule has 5 rings (SSSR count). The van der Waals surface area contributed by atoms with E-state index in [0.717, 1.165) is 40.8 Å². The minimum Gasteiger partial charge on any atom is -0.497 e. The summed E-state index contributed by atoms with van der Waals surface area (Å²) in [6, 6.07) is 17.3. The van der Waals surface area contributed by atoms with Crippen LogP contribution in [0.5, 0.6) is 11.5 Å². The number of piperazine rings is 1. The molecular formula is C29H30N6O4. The van der Waals surface area contributed by atoms with E-state index in [1.165, 1.54) is 14.2 Å². The predicted molar refractivity (Wildman–Crippen MR) is 150 cm³/mol. The Hall–Kier alpha value is -4.86. The molecule has 1 aliphatic heterocycles. The minimum atomic E-state index is -0.318. The summed E-state index contributed by atoms with van der Waals surface area (Å²) >= 11 is 0. The highest BCUT2D eigenvalue weighted by atomic mass is 16.5. The van der Waals surface area contributed by atoms with Crippen molar-refractivity contribution in [1.82, 2.24) is 20.2 Å². The Morgan fingerprint density at radius 3 is 2.31 bits per heavy atom. The summed E-state index contributed by atoms with van der Waals surface area (Å²) in [7, 11) is 3.06. The van der Waals surface area contributed by atoms with Crippen LogP contribution in [0.1, 0.15) is 10.4 Å². The molecule has 2 N–H and O–H groups in total. The van der Waals surface area contributed by atoms with E-state index in [0.29, 0.717) is 36.0 Å². The molecule has 39 heavy (non-hydrogen) atoms. The zero-order chi connectivity index (χ0) is 27.2. The Balaban J connectivity index is 1.23. The molecular weight excluding hydrogens is 496 g/mol. The van der Waals surface area contributed by atoms with E-state index >= 15 is 0 Å². The van der Waals surface area contributed by atoms with Crippen molar-refractivity contribution >= 4 is 28.3 Å². The number of ether oxygens (including phenoxy) is 2. The standard InChI is InChI=1S/C29H30N6O4/c1-38-23-15-22(16-24(18-23)39-2)29(36)32-19-28(33-37)35-13-11-34(12-14-35)27-7-10-31-26-17-21(3-4-25(26)27)20-5-8-30-9-6-20/h3-10,15-18,37H,11-14,19H2,1-2H3,(H,32,36)/b33-28-. The smallest absolute Gasteiger partial charge is 0.251 e. The molecule has 2 aromatic heterocycles. The second-order valence-corrected chi connectivity index (χ2v) is 9.07. The van der Waals surface area contributed by atoms with Gasteiger partial charge in [0.2, 0.25) is 0 Å². The number of hydrogen-bond acceptors (Lipinski definition) is 8. The summed E-state index contributed by atoms with van der Waals surface area (Å²) in [6.07, 6.45) is 5.41. The largest absolute Gasteiger partial charge is 0.497 e. The maximum Gasteiger partial charge on any atom is 0.251 e. The number of oxime groups is 1. The summed E-state index contributed by atoms with van der Waals surface area (Å²) in [5, 5.41) is 17.1. The first kappa shape index (κ1) is 25.8. The third-order valence-corrected chi connectivity index (χ3v) is 6.85. The van der Waals surface area contributed by atoms with Gasteiger partial charge in [-0.3, -0.25) is 14.8 Å². The summed E-state index contributed by atoms with van der Waals surface area (Å²) in [4.78, 5) is 25.8. The number of amides is 1. The monoisotopic (exact) mass is 526 g/mol. The van der Waals surface area contributed by atoms with Crippen LogP contribution >= 0.6 is 0 Å². The SMILES string of the molecule is COc1cc(OC)cc(C(=O)NC/C(=N/O)N2CCN(c3ccnc4cc(-c5ccncc5)ccc34)CC2)c1. The van der Waals surface area contributed by atoms with Crippen molar-refractivity contribution in [2.45, 2.75) is 0 Å². The molecule has 10 heteroatoms. The molecule has 0 radical (unpaired) electrons. The van der Waals surface area contributed by atoms with Gasteiger partial charge in [-0.05, 0) is 47.5 Å². The van der Waals surface area contributed by atoms with Gasteiger partial charge in [-0.15, -0.1) is 0 Å². The van der Waals surface area contributed by atoms with Crippen molar-refractivity contribution in [1.29, 1.82) is 0 Å². The van der Waals surface area contributed by atoms with Crippen LogP contribution in [0.25, 0.3) is 22.0 Å². The second kappa shape index (κ2) is 11.7. The maximum absolute atomic E-state index is 12.8. The molecule has 10 nitrogen and oxygen atoms in total. The van der Waals surface area contributed by atoms with Gasteiger partial charge in [-0.1, -0.05) is 17.3 Å². The van der Waals surface area contributed by atoms with E-state index in [1.807, 2.05) is 29.3 Å². The average molecular weight is 527 g/mol. The first-order chi connectivity index (χ1) is 19.1. The number of pyridine rings is 2. The minimum absolute atomic E-state index is 0.0881. The number of carbonyl (C=O) groups is 1. The molecule has 1 saturated heterocycles. The van der Waals surface area contributed by atoms with Crippen molar-refractivity contribution in [2.75, 3.05) is 51.8 Å². The Morgan fingerprint density at radius 2 is 1.64 bits per heavy atom. The van der Waals surface area contributed by atoms with Crippen LogP contribution in [0.15, 0.2) is 78.3 Å². The van der Waals surface area contributed by atoms with E-state index in [9.17, 15) is 10.0 Å². The molecule has 1 amide bonds. The molecule has 3 heterocycles. The van der Waals surface area contributed by atoms with Gasteiger partial charge in [-0.2, -0.15) is 0 Å². The summed E-state index contributed by atoms with van der Waals surface area (Å²) in [6.45, 7) is 2.82. The fourth-order valence-corrected chi connectivity index (χ4v) is 4.75. The number of nitrogens with one attached hydrogen (secondary N) is 1. The Bertz CT molecular complexity index is 1460. The quantitative estimate of drug-likeness (QED) is 0.162. The lowest BCUT2D eigenvalue weighted by molar-refractivity contribution is 0.0957. The molecule has 0 aliphatic carbocycles. The van der Waals surface area contributed by atoms with E-state index in [2.05, 4.69) is 43.5 Å². The maximum atomic E-state index is 12.8. The Kier molecular flexibility index (Phi) is 7.72. The number of hydrogen-bond donors (Lipinski definition) is 2. The predicted octanol–water partition coefficient (Wildman–Crippen LogP) is 3.65. The number of fused-ring (bicyclic) bond motifs is 1. The second-order valence-electron chi connectivity index (χ2n) is 9.07. The van der Waals surface area contributed by atoms with Crippen LogP contribution in [-0.4, -0.2) is 78.8 Å². The number of aromatic nitrogens is 2. The van der Waals surface area contributed by atoms with Gasteiger partial charge in [0.05, 0.1) is 26.3 Å². The first-order valence-corrected chi connectivity index (χ1v) is 12.6. The summed E-state index contributed by atoms with van der Waals surface area (Å²) < 4.78 is 10.5. The molecule has 0 atom stereocenters. The van der Waals surface area contributed by atoms with Crippen LogP contribution in [-0.2, 0) is 0 Å². The Labute approximate surface area is 226 Å². The molecule has 1 fully saturated rings. The number of carbonyl (C=O) groups excluding carboxylic acids is 1. The molecule has 0 unspecified atom stereocenters. The van der Waals surface area contributed by atoms with Gasteiger partial charge in [0.15, 0.2) is 5.84 Å². The number of nitrogens with zero attached hydrogens (tertiary/aromatic N) is 5. The van der Waals surface area contributed by atoms with Crippen molar-refractivity contribution < 1.29 is 19.5 Å². The molecule has 0 saturated carbocycles. The highest BCUT2D eigenvalue weighted by Gasteiger charge is 2.22. The van der Waals surface area contributed by atoms with Crippen LogP contribution in [0.4, 0.5) is 5.69 Å². The summed E-state index contributed by atoms with van der Waals surface area (Å²) in [5.74, 6) is 1.12. The third-order valence-electron chi connectivity index (χ3n) is 6.85. The lowest BCUT2D eigenvalue weighted by Crippen LogP contribution is -2.51. The molecule has 2 aromatic carbocycles. The highest BCUT2D eigenvalue weighted by molar-refractivity contribution is 5.98.